The van der Waals surface area contributed by atoms with Crippen molar-refractivity contribution in [1.29, 1.82) is 0 Å². The third-order valence-electron chi connectivity index (χ3n) is 2.77. The molecule has 4 nitrogen and oxygen atoms in total. The van der Waals surface area contributed by atoms with Gasteiger partial charge in [-0.1, -0.05) is 0 Å². The number of nitrogens with zero attached hydrogens (tertiary/aromatic N) is 3. The molecule has 0 saturated carbocycles. The van der Waals surface area contributed by atoms with Crippen molar-refractivity contribution in [3.8, 4) is 0 Å². The molecule has 0 atom stereocenters. The second-order valence-corrected chi connectivity index (χ2v) is 6.47. The summed E-state index contributed by atoms with van der Waals surface area (Å²) in [5.74, 6) is 0. The summed E-state index contributed by atoms with van der Waals surface area (Å²) in [6, 6.07) is 1.08. The van der Waals surface area contributed by atoms with Crippen molar-refractivity contribution in [3.05, 3.63) is 49.3 Å². The normalized spacial score (nSPS) is 12.5. The van der Waals surface area contributed by atoms with Gasteiger partial charge in [-0.15, -0.1) is 22.7 Å². The van der Waals surface area contributed by atoms with Gasteiger partial charge in [0, 0.05) is 22.5 Å². The first-order chi connectivity index (χ1) is 10.3. The molecule has 0 N–H and O–H groups in total. The summed E-state index contributed by atoms with van der Waals surface area (Å²) in [4.78, 5) is 21.0. The van der Waals surface area contributed by atoms with Gasteiger partial charge in [0.2, 0.25) is 0 Å². The maximum Gasteiger partial charge on any atom is 0.432 e. The molecule has 3 heterocycles. The number of hydrogen-bond donors (Lipinski definition) is 0. The molecule has 9 heteroatoms. The minimum atomic E-state index is -4.58. The standard InChI is InChI=1S/C13H8F3N3OS2/c1-7-17-5-9(22-7)3-2-8-4-11(20)19-10(13(14,15)16)6-21-12(19)18-8/h2-6H,1H3/b3-2+. The van der Waals surface area contributed by atoms with Gasteiger partial charge < -0.3 is 0 Å². The molecule has 3 aromatic heterocycles. The topological polar surface area (TPSA) is 47.3 Å². The highest BCUT2D eigenvalue weighted by atomic mass is 32.1. The zero-order valence-corrected chi connectivity index (χ0v) is 12.7. The van der Waals surface area contributed by atoms with Crippen LogP contribution < -0.4 is 5.56 Å². The minimum Gasteiger partial charge on any atom is -0.269 e. The van der Waals surface area contributed by atoms with E-state index < -0.39 is 17.4 Å². The molecular formula is C13H8F3N3OS2. The SMILES string of the molecule is Cc1ncc(/C=C/c2cc(=O)n3c(C(F)(F)F)csc3n2)s1. The lowest BCUT2D eigenvalue weighted by Crippen LogP contribution is -2.20. The Morgan fingerprint density at radius 1 is 1.32 bits per heavy atom. The Morgan fingerprint density at radius 2 is 2.09 bits per heavy atom. The molecule has 0 fully saturated rings. The second-order valence-electron chi connectivity index (χ2n) is 4.37. The van der Waals surface area contributed by atoms with Crippen molar-refractivity contribution in [3.63, 3.8) is 0 Å². The van der Waals surface area contributed by atoms with Gasteiger partial charge in [0.1, 0.15) is 5.69 Å². The molecule has 0 amide bonds. The van der Waals surface area contributed by atoms with Gasteiger partial charge in [0.15, 0.2) is 4.96 Å². The van der Waals surface area contributed by atoms with Crippen LogP contribution in [-0.2, 0) is 6.18 Å². The van der Waals surface area contributed by atoms with Crippen LogP contribution in [0.4, 0.5) is 13.2 Å². The van der Waals surface area contributed by atoms with Crippen LogP contribution >= 0.6 is 22.7 Å². The molecule has 0 aliphatic rings. The lowest BCUT2D eigenvalue weighted by molar-refractivity contribution is -0.141. The predicted molar refractivity (Wildman–Crippen MR) is 80.1 cm³/mol. The molecule has 0 bridgehead atoms. The highest BCUT2D eigenvalue weighted by Gasteiger charge is 2.35. The lowest BCUT2D eigenvalue weighted by Gasteiger charge is -2.05. The van der Waals surface area contributed by atoms with Crippen LogP contribution in [-0.4, -0.2) is 14.4 Å². The van der Waals surface area contributed by atoms with Crippen molar-refractivity contribution in [1.82, 2.24) is 14.4 Å². The highest BCUT2D eigenvalue weighted by Crippen LogP contribution is 2.31. The number of aryl methyl sites for hydroxylation is 1. The first-order valence-electron chi connectivity index (χ1n) is 6.03. The van der Waals surface area contributed by atoms with E-state index in [9.17, 15) is 18.0 Å². The molecule has 0 radical (unpaired) electrons. The van der Waals surface area contributed by atoms with Gasteiger partial charge in [-0.05, 0) is 19.1 Å². The van der Waals surface area contributed by atoms with Crippen LogP contribution in [0, 0.1) is 6.92 Å². The number of thiazole rings is 2. The Labute approximate surface area is 130 Å². The maximum absolute atomic E-state index is 12.8. The molecule has 0 spiro atoms. The minimum absolute atomic E-state index is 0.0139. The molecule has 0 unspecified atom stereocenters. The van der Waals surface area contributed by atoms with Gasteiger partial charge in [-0.2, -0.15) is 13.2 Å². The molecule has 0 aliphatic heterocycles. The second kappa shape index (κ2) is 5.33. The Kier molecular flexibility index (Phi) is 3.61. The fourth-order valence-corrected chi connectivity index (χ4v) is 3.44. The van der Waals surface area contributed by atoms with E-state index in [4.69, 9.17) is 0 Å². The third-order valence-corrected chi connectivity index (χ3v) is 4.48. The number of alkyl halides is 3. The summed E-state index contributed by atoms with van der Waals surface area (Å²) in [6.45, 7) is 1.86. The molecule has 114 valence electrons. The summed E-state index contributed by atoms with van der Waals surface area (Å²) >= 11 is 2.25. The van der Waals surface area contributed by atoms with E-state index in [1.165, 1.54) is 11.3 Å². The van der Waals surface area contributed by atoms with Crippen LogP contribution in [0.5, 0.6) is 0 Å². The highest BCUT2D eigenvalue weighted by molar-refractivity contribution is 7.15. The predicted octanol–water partition coefficient (Wildman–Crippen LogP) is 3.71. The van der Waals surface area contributed by atoms with Crippen LogP contribution in [0.15, 0.2) is 22.4 Å². The number of fused-ring (bicyclic) bond motifs is 1. The van der Waals surface area contributed by atoms with E-state index in [-0.39, 0.29) is 4.96 Å². The summed E-state index contributed by atoms with van der Waals surface area (Å²) in [7, 11) is 0. The van der Waals surface area contributed by atoms with Gasteiger partial charge in [-0.3, -0.25) is 4.79 Å². The molecule has 3 aromatic rings. The Morgan fingerprint density at radius 3 is 2.73 bits per heavy atom. The largest absolute Gasteiger partial charge is 0.432 e. The Hall–Kier alpha value is -2.00. The van der Waals surface area contributed by atoms with Gasteiger partial charge in [-0.25, -0.2) is 14.4 Å². The monoisotopic (exact) mass is 343 g/mol. The zero-order valence-electron chi connectivity index (χ0n) is 11.1. The Bertz CT molecular complexity index is 921. The Balaban J connectivity index is 2.04. The molecule has 3 rings (SSSR count). The molecular weight excluding hydrogens is 335 g/mol. The van der Waals surface area contributed by atoms with Crippen LogP contribution in [0.2, 0.25) is 0 Å². The average Bonchev–Trinajstić information content (AvgIpc) is 3.02. The first-order valence-corrected chi connectivity index (χ1v) is 7.73. The van der Waals surface area contributed by atoms with Crippen molar-refractivity contribution in [2.75, 3.05) is 0 Å². The number of halogens is 3. The molecule has 0 aromatic carbocycles. The van der Waals surface area contributed by atoms with Crippen LogP contribution in [0.3, 0.4) is 0 Å². The summed E-state index contributed by atoms with van der Waals surface area (Å²) in [6.07, 6.45) is 0.401. The smallest absolute Gasteiger partial charge is 0.269 e. The van der Waals surface area contributed by atoms with Crippen molar-refractivity contribution in [2.45, 2.75) is 13.1 Å². The van der Waals surface area contributed by atoms with E-state index in [1.807, 2.05) is 6.92 Å². The molecule has 0 aliphatic carbocycles. The van der Waals surface area contributed by atoms with E-state index >= 15 is 0 Å². The van der Waals surface area contributed by atoms with E-state index in [2.05, 4.69) is 9.97 Å². The molecule has 0 saturated heterocycles. The fraction of sp³-hybridized carbons (Fsp3) is 0.154. The summed E-state index contributed by atoms with van der Waals surface area (Å²) < 4.78 is 39.0. The van der Waals surface area contributed by atoms with E-state index in [0.717, 1.165) is 32.7 Å². The summed E-state index contributed by atoms with van der Waals surface area (Å²) in [5, 5.41) is 1.79. The maximum atomic E-state index is 12.8. The quantitative estimate of drug-likeness (QED) is 0.713. The van der Waals surface area contributed by atoms with Crippen LogP contribution in [0.1, 0.15) is 21.3 Å². The zero-order chi connectivity index (χ0) is 15.9. The van der Waals surface area contributed by atoms with Crippen molar-refractivity contribution < 1.29 is 13.2 Å². The lowest BCUT2D eigenvalue weighted by atomic mass is 10.3. The molecule has 22 heavy (non-hydrogen) atoms. The third kappa shape index (κ3) is 2.81. The number of rotatable bonds is 2. The summed E-state index contributed by atoms with van der Waals surface area (Å²) in [5.41, 5.74) is -1.44. The van der Waals surface area contributed by atoms with E-state index in [0.29, 0.717) is 10.1 Å². The number of aromatic nitrogens is 3. The number of hydrogen-bond acceptors (Lipinski definition) is 5. The fourth-order valence-electron chi connectivity index (χ4n) is 1.84. The van der Waals surface area contributed by atoms with E-state index in [1.54, 1.807) is 18.3 Å². The van der Waals surface area contributed by atoms with Gasteiger partial charge >= 0.3 is 6.18 Å². The van der Waals surface area contributed by atoms with Crippen LogP contribution in [0.25, 0.3) is 17.1 Å². The van der Waals surface area contributed by atoms with Gasteiger partial charge in [0.25, 0.3) is 5.56 Å². The van der Waals surface area contributed by atoms with Crippen molar-refractivity contribution >= 4 is 39.8 Å². The van der Waals surface area contributed by atoms with Crippen molar-refractivity contribution in [2.24, 2.45) is 0 Å². The average molecular weight is 343 g/mol. The first kappa shape index (κ1) is 14.9. The van der Waals surface area contributed by atoms with Gasteiger partial charge in [0.05, 0.1) is 10.7 Å².